The smallest absolute Gasteiger partial charge is 0.511 e. The summed E-state index contributed by atoms with van der Waals surface area (Å²) in [5.74, 6) is 0. The second-order valence-corrected chi connectivity index (χ2v) is 3.28. The Kier molecular flexibility index (Phi) is 7.57. The van der Waals surface area contributed by atoms with Crippen molar-refractivity contribution in [3.8, 4) is 0 Å². The Labute approximate surface area is 100 Å². The molecule has 0 aliphatic carbocycles. The van der Waals surface area contributed by atoms with Gasteiger partial charge in [-0.2, -0.15) is 0 Å². The van der Waals surface area contributed by atoms with Crippen LogP contribution in [-0.2, 0) is 14.3 Å². The van der Waals surface area contributed by atoms with Gasteiger partial charge in [-0.1, -0.05) is 0 Å². The van der Waals surface area contributed by atoms with Crippen LogP contribution >= 0.6 is 0 Å². The van der Waals surface area contributed by atoms with Crippen molar-refractivity contribution in [1.29, 1.82) is 0 Å². The van der Waals surface area contributed by atoms with Crippen LogP contribution in [0.4, 0.5) is 4.79 Å². The van der Waals surface area contributed by atoms with Gasteiger partial charge in [0, 0.05) is 0 Å². The van der Waals surface area contributed by atoms with E-state index in [1.54, 1.807) is 27.7 Å². The van der Waals surface area contributed by atoms with E-state index in [9.17, 15) is 10.0 Å². The molecule has 100 valence electrons. The van der Waals surface area contributed by atoms with Crippen LogP contribution in [0.15, 0.2) is 5.28 Å². The molecule has 0 fully saturated rings. The van der Waals surface area contributed by atoms with Gasteiger partial charge in [0.2, 0.25) is 5.28 Å². The molecule has 0 aliphatic rings. The molecule has 0 saturated carbocycles. The predicted molar refractivity (Wildman–Crippen MR) is 57.6 cm³/mol. The Hall–Kier alpha value is -1.73. The summed E-state index contributed by atoms with van der Waals surface area (Å²) < 4.78 is 9.15. The molecule has 0 amide bonds. The van der Waals surface area contributed by atoms with Gasteiger partial charge in [0.15, 0.2) is 0 Å². The van der Waals surface area contributed by atoms with Gasteiger partial charge in [0.05, 0.1) is 24.2 Å². The minimum atomic E-state index is -0.865. The van der Waals surface area contributed by atoms with Gasteiger partial charge in [0.1, 0.15) is 0 Å². The second-order valence-electron chi connectivity index (χ2n) is 3.28. The maximum absolute atomic E-state index is 11.2. The monoisotopic (exact) mass is 249 g/mol. The lowest BCUT2D eigenvalue weighted by molar-refractivity contribution is -0.710. The van der Waals surface area contributed by atoms with E-state index >= 15 is 0 Å². The highest BCUT2D eigenvalue weighted by atomic mass is 16.8. The van der Waals surface area contributed by atoms with Crippen LogP contribution < -0.4 is 0 Å². The lowest BCUT2D eigenvalue weighted by Crippen LogP contribution is -2.30. The molecule has 0 N–H and O–H groups in total. The van der Waals surface area contributed by atoms with Gasteiger partial charge in [-0.05, 0) is 27.7 Å². The molecular formula is C9H19N3O5. The van der Waals surface area contributed by atoms with E-state index in [1.807, 2.05) is 0 Å². The Morgan fingerprint density at radius 1 is 1.41 bits per heavy atom. The molecule has 0 aliphatic heterocycles. The lowest BCUT2D eigenvalue weighted by atomic mass is 10.5. The Bertz CT molecular complexity index is 253. The van der Waals surface area contributed by atoms with Crippen LogP contribution in [0.1, 0.15) is 27.7 Å². The van der Waals surface area contributed by atoms with Gasteiger partial charge in [0.25, 0.3) is 6.79 Å². The second kappa shape index (κ2) is 8.43. The Morgan fingerprint density at radius 3 is 2.47 bits per heavy atom. The summed E-state index contributed by atoms with van der Waals surface area (Å²) in [5.41, 5.74) is 0. The van der Waals surface area contributed by atoms with Crippen molar-refractivity contribution in [1.82, 2.24) is 5.01 Å². The predicted octanol–water partition coefficient (Wildman–Crippen LogP) is 1.66. The average Bonchev–Trinajstić information content (AvgIpc) is 2.25. The van der Waals surface area contributed by atoms with E-state index in [4.69, 9.17) is 0 Å². The maximum atomic E-state index is 11.2. The number of rotatable bonds is 7. The molecule has 0 bridgehead atoms. The molecule has 8 nitrogen and oxygen atoms in total. The van der Waals surface area contributed by atoms with Crippen LogP contribution in [0.5, 0.6) is 0 Å². The SMILES string of the molecule is CCN(CC)/[N+]([O-])=N/OCOC(=O)OC(C)C. The molecular weight excluding hydrogens is 230 g/mol. The fourth-order valence-electron chi connectivity index (χ4n) is 0.891. The van der Waals surface area contributed by atoms with Crippen molar-refractivity contribution in [2.75, 3.05) is 19.9 Å². The summed E-state index contributed by atoms with van der Waals surface area (Å²) in [7, 11) is 0. The fraction of sp³-hybridized carbons (Fsp3) is 0.889. The minimum absolute atomic E-state index is 0.272. The van der Waals surface area contributed by atoms with Crippen molar-refractivity contribution in [2.24, 2.45) is 5.28 Å². The van der Waals surface area contributed by atoms with Crippen LogP contribution in [0.25, 0.3) is 0 Å². The molecule has 0 unspecified atom stereocenters. The van der Waals surface area contributed by atoms with Gasteiger partial charge in [-0.15, -0.1) is 5.01 Å². The first kappa shape index (κ1) is 15.3. The summed E-state index contributed by atoms with van der Waals surface area (Å²) >= 11 is 0. The number of hydrazine groups is 1. The largest absolute Gasteiger partial charge is 0.569 e. The van der Waals surface area contributed by atoms with E-state index in [-0.39, 0.29) is 6.10 Å². The van der Waals surface area contributed by atoms with E-state index in [2.05, 4.69) is 19.6 Å². The van der Waals surface area contributed by atoms with E-state index in [1.165, 1.54) is 5.01 Å². The minimum Gasteiger partial charge on any atom is -0.569 e. The lowest BCUT2D eigenvalue weighted by Gasteiger charge is -2.13. The van der Waals surface area contributed by atoms with Crippen LogP contribution in [0.2, 0.25) is 0 Å². The summed E-state index contributed by atoms with van der Waals surface area (Å²) in [4.78, 5) is 15.7. The van der Waals surface area contributed by atoms with E-state index in [0.717, 1.165) is 0 Å². The number of carbonyl (C=O) groups excluding carboxylic acids is 1. The molecule has 17 heavy (non-hydrogen) atoms. The van der Waals surface area contributed by atoms with Crippen molar-refractivity contribution in [3.05, 3.63) is 5.21 Å². The number of carbonyl (C=O) groups is 1. The van der Waals surface area contributed by atoms with Gasteiger partial charge < -0.3 is 19.5 Å². The van der Waals surface area contributed by atoms with Crippen LogP contribution in [0.3, 0.4) is 0 Å². The normalized spacial score (nSPS) is 11.2. The number of nitrogens with zero attached hydrogens (tertiary/aromatic N) is 3. The topological polar surface area (TPSA) is 86.4 Å². The Morgan fingerprint density at radius 2 is 2.00 bits per heavy atom. The zero-order valence-corrected chi connectivity index (χ0v) is 10.6. The zero-order valence-electron chi connectivity index (χ0n) is 10.6. The quantitative estimate of drug-likeness (QED) is 0.170. The third kappa shape index (κ3) is 7.20. The molecule has 0 radical (unpaired) electrons. The van der Waals surface area contributed by atoms with Crippen LogP contribution in [0, 0.1) is 5.21 Å². The molecule has 0 aromatic carbocycles. The van der Waals surface area contributed by atoms with E-state index in [0.29, 0.717) is 18.1 Å². The zero-order chi connectivity index (χ0) is 13.3. The molecule has 0 rings (SSSR count). The van der Waals surface area contributed by atoms with Crippen molar-refractivity contribution >= 4 is 6.16 Å². The van der Waals surface area contributed by atoms with Crippen LogP contribution in [-0.4, -0.2) is 42.1 Å². The van der Waals surface area contributed by atoms with E-state index < -0.39 is 12.9 Å². The van der Waals surface area contributed by atoms with Gasteiger partial charge >= 0.3 is 6.16 Å². The summed E-state index contributed by atoms with van der Waals surface area (Å²) in [6, 6.07) is 0. The first-order chi connectivity index (χ1) is 8.01. The molecule has 0 saturated heterocycles. The molecule has 0 aromatic rings. The average molecular weight is 249 g/mol. The summed E-state index contributed by atoms with van der Waals surface area (Å²) in [6.45, 7) is 7.52. The molecule has 0 heterocycles. The number of hydrogen-bond acceptors (Lipinski definition) is 6. The molecule has 8 heteroatoms. The standard InChI is InChI=1S/C9H19N3O5/c1-5-11(6-2)12(14)10-16-7-15-9(13)17-8(3)4/h8H,5-7H2,1-4H3/b12-10-. The fourth-order valence-corrected chi connectivity index (χ4v) is 0.891. The van der Waals surface area contributed by atoms with Gasteiger partial charge in [-0.3, -0.25) is 0 Å². The third-order valence-corrected chi connectivity index (χ3v) is 1.66. The highest BCUT2D eigenvalue weighted by Gasteiger charge is 2.08. The van der Waals surface area contributed by atoms with Crippen molar-refractivity contribution < 1.29 is 24.1 Å². The van der Waals surface area contributed by atoms with Gasteiger partial charge in [-0.25, -0.2) is 4.79 Å². The molecule has 0 atom stereocenters. The maximum Gasteiger partial charge on any atom is 0.511 e. The first-order valence-electron chi connectivity index (χ1n) is 5.39. The number of ether oxygens (including phenoxy) is 2. The Balaban J connectivity index is 3.82. The highest BCUT2D eigenvalue weighted by molar-refractivity contribution is 5.59. The van der Waals surface area contributed by atoms with Crippen molar-refractivity contribution in [2.45, 2.75) is 33.8 Å². The molecule has 0 aromatic heterocycles. The summed E-state index contributed by atoms with van der Waals surface area (Å²) in [5, 5.41) is 15.8. The summed E-state index contributed by atoms with van der Waals surface area (Å²) in [6.07, 6.45) is -1.14. The number of hydrogen-bond donors (Lipinski definition) is 0. The highest BCUT2D eigenvalue weighted by Crippen LogP contribution is 1.94. The molecule has 0 spiro atoms. The first-order valence-corrected chi connectivity index (χ1v) is 5.39. The third-order valence-electron chi connectivity index (χ3n) is 1.66. The van der Waals surface area contributed by atoms with Crippen molar-refractivity contribution in [3.63, 3.8) is 0 Å².